The molecule has 4 rings (SSSR count). The number of rotatable bonds is 5. The molecule has 0 N–H and O–H groups in total. The highest BCUT2D eigenvalue weighted by atomic mass is 35.5. The molecule has 138 valence electrons. The molecule has 28 heavy (non-hydrogen) atoms. The topological polar surface area (TPSA) is 97.6 Å². The Morgan fingerprint density at radius 1 is 1.14 bits per heavy atom. The normalized spacial score (nSPS) is 10.9. The van der Waals surface area contributed by atoms with E-state index in [0.29, 0.717) is 38.6 Å². The molecule has 0 amide bonds. The maximum absolute atomic E-state index is 12.7. The van der Waals surface area contributed by atoms with Crippen LogP contribution in [0.25, 0.3) is 22.4 Å². The van der Waals surface area contributed by atoms with Crippen molar-refractivity contribution < 1.29 is 4.42 Å². The van der Waals surface area contributed by atoms with Gasteiger partial charge in [-0.1, -0.05) is 35.5 Å². The van der Waals surface area contributed by atoms with Gasteiger partial charge in [0.05, 0.1) is 22.7 Å². The maximum atomic E-state index is 12.7. The molecule has 0 fully saturated rings. The molecule has 2 aromatic carbocycles. The third-order valence-electron chi connectivity index (χ3n) is 3.99. The molecule has 0 radical (unpaired) electrons. The molecule has 0 aliphatic rings. The fraction of sp³-hybridized carbons (Fsp3) is 0.105. The van der Waals surface area contributed by atoms with E-state index < -0.39 is 0 Å². The van der Waals surface area contributed by atoms with Crippen molar-refractivity contribution in [2.75, 3.05) is 0 Å². The van der Waals surface area contributed by atoms with E-state index in [1.807, 2.05) is 12.1 Å². The van der Waals surface area contributed by atoms with Crippen LogP contribution in [0.4, 0.5) is 0 Å². The highest BCUT2D eigenvalue weighted by Crippen LogP contribution is 2.26. The van der Waals surface area contributed by atoms with Gasteiger partial charge in [-0.3, -0.25) is 9.36 Å². The summed E-state index contributed by atoms with van der Waals surface area (Å²) in [6.45, 7) is -0.0770. The summed E-state index contributed by atoms with van der Waals surface area (Å²) in [6.07, 6.45) is 0. The molecule has 0 unspecified atom stereocenters. The van der Waals surface area contributed by atoms with Crippen molar-refractivity contribution in [1.29, 1.82) is 5.26 Å². The van der Waals surface area contributed by atoms with Crippen molar-refractivity contribution in [3.8, 4) is 17.5 Å². The van der Waals surface area contributed by atoms with Gasteiger partial charge in [0.15, 0.2) is 0 Å². The second-order valence-corrected chi connectivity index (χ2v) is 7.13. The summed E-state index contributed by atoms with van der Waals surface area (Å²) < 4.78 is 7.03. The van der Waals surface area contributed by atoms with Crippen LogP contribution < -0.4 is 5.56 Å². The van der Waals surface area contributed by atoms with Gasteiger partial charge in [0.1, 0.15) is 12.4 Å². The van der Waals surface area contributed by atoms with Gasteiger partial charge >= 0.3 is 0 Å². The van der Waals surface area contributed by atoms with Crippen LogP contribution >= 0.6 is 23.4 Å². The Morgan fingerprint density at radius 3 is 2.71 bits per heavy atom. The molecule has 0 bridgehead atoms. The minimum Gasteiger partial charge on any atom is -0.411 e. The van der Waals surface area contributed by atoms with Gasteiger partial charge in [-0.25, -0.2) is 4.98 Å². The predicted octanol–water partition coefficient (Wildman–Crippen LogP) is 3.92. The van der Waals surface area contributed by atoms with Crippen LogP contribution in [0, 0.1) is 11.3 Å². The molecular weight excluding hydrogens is 398 g/mol. The van der Waals surface area contributed by atoms with Gasteiger partial charge in [0.25, 0.3) is 10.8 Å². The van der Waals surface area contributed by atoms with Crippen LogP contribution in [0.15, 0.2) is 63.0 Å². The molecule has 2 heterocycles. The highest BCUT2D eigenvalue weighted by Gasteiger charge is 2.14. The Hall–Kier alpha value is -3.15. The van der Waals surface area contributed by atoms with Crippen LogP contribution in [-0.2, 0) is 12.3 Å². The lowest BCUT2D eigenvalue weighted by Crippen LogP contribution is -2.24. The molecule has 7 nitrogen and oxygen atoms in total. The Kier molecular flexibility index (Phi) is 5.10. The number of benzene rings is 2. The Bertz CT molecular complexity index is 1240. The number of nitriles is 1. The second kappa shape index (κ2) is 7.84. The van der Waals surface area contributed by atoms with Crippen LogP contribution in [0.1, 0.15) is 5.82 Å². The largest absolute Gasteiger partial charge is 0.411 e. The number of fused-ring (bicyclic) bond motifs is 1. The monoisotopic (exact) mass is 409 g/mol. The van der Waals surface area contributed by atoms with Gasteiger partial charge < -0.3 is 4.42 Å². The minimum atomic E-state index is -0.241. The van der Waals surface area contributed by atoms with E-state index in [4.69, 9.17) is 21.3 Å². The van der Waals surface area contributed by atoms with E-state index in [1.165, 1.54) is 16.3 Å². The van der Waals surface area contributed by atoms with Crippen molar-refractivity contribution in [2.45, 2.75) is 17.5 Å². The van der Waals surface area contributed by atoms with Gasteiger partial charge in [0.2, 0.25) is 5.89 Å². The minimum absolute atomic E-state index is 0.0770. The van der Waals surface area contributed by atoms with Gasteiger partial charge in [-0.15, -0.1) is 10.2 Å². The molecule has 0 aliphatic heterocycles. The molecule has 0 atom stereocenters. The molecule has 2 aromatic heterocycles. The van der Waals surface area contributed by atoms with E-state index in [0.717, 1.165) is 5.56 Å². The Morgan fingerprint density at radius 2 is 1.93 bits per heavy atom. The van der Waals surface area contributed by atoms with Gasteiger partial charge in [-0.2, -0.15) is 5.26 Å². The fourth-order valence-electron chi connectivity index (χ4n) is 2.66. The Balaban J connectivity index is 1.61. The molecule has 0 aliphatic carbocycles. The lowest BCUT2D eigenvalue weighted by molar-refractivity contribution is 0.465. The first-order chi connectivity index (χ1) is 13.7. The van der Waals surface area contributed by atoms with Crippen molar-refractivity contribution in [3.05, 3.63) is 69.7 Å². The van der Waals surface area contributed by atoms with Crippen molar-refractivity contribution in [2.24, 2.45) is 0 Å². The highest BCUT2D eigenvalue weighted by molar-refractivity contribution is 7.98. The van der Waals surface area contributed by atoms with E-state index in [1.54, 1.807) is 42.5 Å². The van der Waals surface area contributed by atoms with Crippen molar-refractivity contribution >= 4 is 34.3 Å². The summed E-state index contributed by atoms with van der Waals surface area (Å²) in [5, 5.41) is 18.6. The molecule has 4 aromatic rings. The zero-order valence-electron chi connectivity index (χ0n) is 14.4. The van der Waals surface area contributed by atoms with Crippen LogP contribution in [0.3, 0.4) is 0 Å². The standard InChI is InChI=1S/C19H12ClN5O2S/c20-13-7-5-12(6-8-13)17-23-24-19(27-17)28-11-16-22-15-4-2-1-3-14(15)18(26)25(16)10-9-21/h1-8H,10-11H2. The van der Waals surface area contributed by atoms with E-state index in [-0.39, 0.29) is 12.1 Å². The number of halogens is 1. The van der Waals surface area contributed by atoms with Crippen LogP contribution in [-0.4, -0.2) is 19.7 Å². The summed E-state index contributed by atoms with van der Waals surface area (Å²) in [5.41, 5.74) is 1.11. The Labute approximate surface area is 168 Å². The van der Waals surface area contributed by atoms with Gasteiger partial charge in [-0.05, 0) is 36.4 Å². The predicted molar refractivity (Wildman–Crippen MR) is 106 cm³/mol. The zero-order valence-corrected chi connectivity index (χ0v) is 15.9. The lowest BCUT2D eigenvalue weighted by Gasteiger charge is -2.09. The van der Waals surface area contributed by atoms with E-state index in [2.05, 4.69) is 15.2 Å². The molecule has 0 saturated carbocycles. The summed E-state index contributed by atoms with van der Waals surface area (Å²) in [6, 6.07) is 16.1. The van der Waals surface area contributed by atoms with Gasteiger partial charge in [0, 0.05) is 10.6 Å². The van der Waals surface area contributed by atoms with E-state index in [9.17, 15) is 4.79 Å². The van der Waals surface area contributed by atoms with Crippen molar-refractivity contribution in [1.82, 2.24) is 19.7 Å². The number of para-hydroxylation sites is 1. The first-order valence-corrected chi connectivity index (χ1v) is 9.60. The average molecular weight is 410 g/mol. The zero-order chi connectivity index (χ0) is 19.5. The molecule has 9 heteroatoms. The average Bonchev–Trinajstić information content (AvgIpc) is 3.18. The summed E-state index contributed by atoms with van der Waals surface area (Å²) in [5.74, 6) is 1.16. The smallest absolute Gasteiger partial charge is 0.277 e. The molecule has 0 spiro atoms. The number of hydrogen-bond donors (Lipinski definition) is 0. The summed E-state index contributed by atoms with van der Waals surface area (Å²) in [4.78, 5) is 17.2. The SMILES string of the molecule is N#CCn1c(CSc2nnc(-c3ccc(Cl)cc3)o2)nc2ccccc2c1=O. The first-order valence-electron chi connectivity index (χ1n) is 8.23. The molecule has 0 saturated heterocycles. The second-order valence-electron chi connectivity index (χ2n) is 5.76. The number of nitrogens with zero attached hydrogens (tertiary/aromatic N) is 5. The number of hydrogen-bond acceptors (Lipinski definition) is 7. The lowest BCUT2D eigenvalue weighted by atomic mass is 10.2. The van der Waals surface area contributed by atoms with Crippen molar-refractivity contribution in [3.63, 3.8) is 0 Å². The number of aromatic nitrogens is 4. The van der Waals surface area contributed by atoms with Crippen LogP contribution in [0.2, 0.25) is 5.02 Å². The first kappa shape index (κ1) is 18.2. The quantitative estimate of drug-likeness (QED) is 0.461. The maximum Gasteiger partial charge on any atom is 0.277 e. The van der Waals surface area contributed by atoms with E-state index >= 15 is 0 Å². The summed E-state index contributed by atoms with van der Waals surface area (Å²) >= 11 is 7.14. The summed E-state index contributed by atoms with van der Waals surface area (Å²) in [7, 11) is 0. The van der Waals surface area contributed by atoms with Crippen LogP contribution in [0.5, 0.6) is 0 Å². The fourth-order valence-corrected chi connectivity index (χ4v) is 3.50. The molecular formula is C19H12ClN5O2S. The third-order valence-corrected chi connectivity index (χ3v) is 5.06. The third kappa shape index (κ3) is 3.63. The number of thioether (sulfide) groups is 1.